The Labute approximate surface area is 120 Å². The average molecular weight is 284 g/mol. The smallest absolute Gasteiger partial charge is 0.141 e. The van der Waals surface area contributed by atoms with Crippen LogP contribution in [0.1, 0.15) is 32.3 Å². The van der Waals surface area contributed by atoms with Crippen LogP contribution in [0.25, 0.3) is 0 Å². The van der Waals surface area contributed by atoms with Gasteiger partial charge in [-0.15, -0.1) is 0 Å². The SMILES string of the molecule is CC(C)CNCC1CCC1Cc1ccc(F)c(Cl)c1. The molecule has 0 radical (unpaired) electrons. The number of rotatable bonds is 6. The topological polar surface area (TPSA) is 12.0 Å². The summed E-state index contributed by atoms with van der Waals surface area (Å²) in [6.45, 7) is 6.65. The molecule has 2 atom stereocenters. The summed E-state index contributed by atoms with van der Waals surface area (Å²) in [6.07, 6.45) is 3.61. The monoisotopic (exact) mass is 283 g/mol. The minimum absolute atomic E-state index is 0.242. The summed E-state index contributed by atoms with van der Waals surface area (Å²) in [4.78, 5) is 0. The highest BCUT2D eigenvalue weighted by molar-refractivity contribution is 6.30. The fourth-order valence-electron chi connectivity index (χ4n) is 2.70. The van der Waals surface area contributed by atoms with Crippen molar-refractivity contribution in [3.63, 3.8) is 0 Å². The Morgan fingerprint density at radius 2 is 2.05 bits per heavy atom. The highest BCUT2D eigenvalue weighted by atomic mass is 35.5. The minimum Gasteiger partial charge on any atom is -0.316 e. The lowest BCUT2D eigenvalue weighted by atomic mass is 9.70. The first kappa shape index (κ1) is 14.8. The van der Waals surface area contributed by atoms with Crippen molar-refractivity contribution in [1.29, 1.82) is 0 Å². The second-order valence-electron chi connectivity index (χ2n) is 6.10. The Kier molecular flexibility index (Phi) is 5.23. The third-order valence-electron chi connectivity index (χ3n) is 4.02. The van der Waals surface area contributed by atoms with Crippen LogP contribution in [0.5, 0.6) is 0 Å². The molecule has 1 aliphatic carbocycles. The highest BCUT2D eigenvalue weighted by Crippen LogP contribution is 2.36. The van der Waals surface area contributed by atoms with E-state index in [4.69, 9.17) is 11.6 Å². The van der Waals surface area contributed by atoms with Crippen LogP contribution in [0, 0.1) is 23.6 Å². The van der Waals surface area contributed by atoms with E-state index >= 15 is 0 Å². The van der Waals surface area contributed by atoms with E-state index < -0.39 is 0 Å². The molecule has 1 fully saturated rings. The molecule has 1 aliphatic rings. The maximum atomic E-state index is 13.1. The van der Waals surface area contributed by atoms with Gasteiger partial charge in [0.25, 0.3) is 0 Å². The molecule has 1 aromatic rings. The Balaban J connectivity index is 1.80. The van der Waals surface area contributed by atoms with Gasteiger partial charge in [-0.05, 0) is 67.8 Å². The van der Waals surface area contributed by atoms with Gasteiger partial charge in [0.1, 0.15) is 5.82 Å². The van der Waals surface area contributed by atoms with Gasteiger partial charge in [-0.1, -0.05) is 31.5 Å². The molecule has 1 N–H and O–H groups in total. The summed E-state index contributed by atoms with van der Waals surface area (Å²) in [5.41, 5.74) is 1.16. The van der Waals surface area contributed by atoms with Gasteiger partial charge in [0.15, 0.2) is 0 Å². The molecule has 0 heterocycles. The summed E-state index contributed by atoms with van der Waals surface area (Å²) in [5, 5.41) is 3.78. The molecule has 3 heteroatoms. The molecule has 1 aromatic carbocycles. The van der Waals surface area contributed by atoms with Gasteiger partial charge in [0, 0.05) is 0 Å². The van der Waals surface area contributed by atoms with Gasteiger partial charge in [-0.3, -0.25) is 0 Å². The van der Waals surface area contributed by atoms with Crippen molar-refractivity contribution < 1.29 is 4.39 Å². The third kappa shape index (κ3) is 4.19. The number of hydrogen-bond acceptors (Lipinski definition) is 1. The van der Waals surface area contributed by atoms with Crippen molar-refractivity contribution >= 4 is 11.6 Å². The van der Waals surface area contributed by atoms with Crippen LogP contribution in [0.15, 0.2) is 18.2 Å². The molecule has 1 saturated carbocycles. The minimum atomic E-state index is -0.325. The lowest BCUT2D eigenvalue weighted by Crippen LogP contribution is -2.37. The Morgan fingerprint density at radius 1 is 1.32 bits per heavy atom. The molecule has 106 valence electrons. The summed E-state index contributed by atoms with van der Waals surface area (Å²) in [7, 11) is 0. The van der Waals surface area contributed by atoms with Crippen LogP contribution in [0.4, 0.5) is 4.39 Å². The quantitative estimate of drug-likeness (QED) is 0.821. The fraction of sp³-hybridized carbons (Fsp3) is 0.625. The summed E-state index contributed by atoms with van der Waals surface area (Å²) in [5.74, 6) is 1.87. The molecule has 2 unspecified atom stereocenters. The second kappa shape index (κ2) is 6.71. The van der Waals surface area contributed by atoms with Gasteiger partial charge in [0.2, 0.25) is 0 Å². The van der Waals surface area contributed by atoms with Gasteiger partial charge >= 0.3 is 0 Å². The predicted octanol–water partition coefficient (Wildman–Crippen LogP) is 4.29. The van der Waals surface area contributed by atoms with E-state index in [9.17, 15) is 4.39 Å². The molecule has 0 amide bonds. The molecule has 1 nitrogen and oxygen atoms in total. The van der Waals surface area contributed by atoms with Crippen molar-refractivity contribution in [3.05, 3.63) is 34.6 Å². The molecule has 0 aromatic heterocycles. The van der Waals surface area contributed by atoms with Crippen molar-refractivity contribution in [2.45, 2.75) is 33.1 Å². The zero-order valence-corrected chi connectivity index (χ0v) is 12.5. The van der Waals surface area contributed by atoms with Crippen molar-refractivity contribution in [2.75, 3.05) is 13.1 Å². The van der Waals surface area contributed by atoms with Crippen molar-refractivity contribution in [3.8, 4) is 0 Å². The first-order valence-electron chi connectivity index (χ1n) is 7.21. The van der Waals surface area contributed by atoms with Gasteiger partial charge in [0.05, 0.1) is 5.02 Å². The Bertz CT molecular complexity index is 419. The summed E-state index contributed by atoms with van der Waals surface area (Å²) in [6, 6.07) is 5.11. The van der Waals surface area contributed by atoms with E-state index in [2.05, 4.69) is 19.2 Å². The second-order valence-corrected chi connectivity index (χ2v) is 6.51. The highest BCUT2D eigenvalue weighted by Gasteiger charge is 2.30. The molecular weight excluding hydrogens is 261 g/mol. The predicted molar refractivity (Wildman–Crippen MR) is 79.0 cm³/mol. The maximum absolute atomic E-state index is 13.1. The average Bonchev–Trinajstić information content (AvgIpc) is 2.34. The van der Waals surface area contributed by atoms with E-state index in [0.29, 0.717) is 5.92 Å². The molecule has 0 saturated heterocycles. The Hall–Kier alpha value is -0.600. The van der Waals surface area contributed by atoms with Crippen molar-refractivity contribution in [2.24, 2.45) is 17.8 Å². The molecule has 0 bridgehead atoms. The van der Waals surface area contributed by atoms with Crippen LogP contribution in [-0.2, 0) is 6.42 Å². The maximum Gasteiger partial charge on any atom is 0.141 e. The van der Waals surface area contributed by atoms with E-state index in [1.807, 2.05) is 6.07 Å². The third-order valence-corrected chi connectivity index (χ3v) is 4.31. The van der Waals surface area contributed by atoms with E-state index in [-0.39, 0.29) is 10.8 Å². The standard InChI is InChI=1S/C16H23ClFN/c1-11(2)9-19-10-14-5-4-13(14)7-12-3-6-16(18)15(17)8-12/h3,6,8,11,13-14,19H,4-5,7,9-10H2,1-2H3. The molecular formula is C16H23ClFN. The summed E-state index contributed by atoms with van der Waals surface area (Å²) >= 11 is 5.83. The van der Waals surface area contributed by atoms with Gasteiger partial charge in [-0.25, -0.2) is 4.39 Å². The molecule has 0 spiro atoms. The van der Waals surface area contributed by atoms with Crippen LogP contribution in [-0.4, -0.2) is 13.1 Å². The largest absolute Gasteiger partial charge is 0.316 e. The van der Waals surface area contributed by atoms with E-state index in [0.717, 1.165) is 36.9 Å². The molecule has 2 rings (SSSR count). The van der Waals surface area contributed by atoms with Crippen molar-refractivity contribution in [1.82, 2.24) is 5.32 Å². The number of halogens is 2. The van der Waals surface area contributed by atoms with Crippen LogP contribution < -0.4 is 5.32 Å². The van der Waals surface area contributed by atoms with Crippen LogP contribution in [0.2, 0.25) is 5.02 Å². The zero-order chi connectivity index (χ0) is 13.8. The number of nitrogens with one attached hydrogen (secondary N) is 1. The molecule has 19 heavy (non-hydrogen) atoms. The van der Waals surface area contributed by atoms with Crippen LogP contribution >= 0.6 is 11.6 Å². The molecule has 0 aliphatic heterocycles. The number of hydrogen-bond donors (Lipinski definition) is 1. The fourth-order valence-corrected chi connectivity index (χ4v) is 2.91. The van der Waals surface area contributed by atoms with Gasteiger partial charge in [-0.2, -0.15) is 0 Å². The van der Waals surface area contributed by atoms with E-state index in [1.165, 1.54) is 18.9 Å². The summed E-state index contributed by atoms with van der Waals surface area (Å²) < 4.78 is 13.1. The number of benzene rings is 1. The van der Waals surface area contributed by atoms with Crippen LogP contribution in [0.3, 0.4) is 0 Å². The lowest BCUT2D eigenvalue weighted by molar-refractivity contribution is 0.169. The first-order valence-corrected chi connectivity index (χ1v) is 7.58. The Morgan fingerprint density at radius 3 is 2.63 bits per heavy atom. The lowest BCUT2D eigenvalue weighted by Gasteiger charge is -2.37. The van der Waals surface area contributed by atoms with E-state index in [1.54, 1.807) is 6.07 Å². The zero-order valence-electron chi connectivity index (χ0n) is 11.8. The first-order chi connectivity index (χ1) is 9.06. The van der Waals surface area contributed by atoms with Gasteiger partial charge < -0.3 is 5.32 Å². The normalized spacial score (nSPS) is 22.6.